The molecule has 0 saturated heterocycles. The Morgan fingerprint density at radius 3 is 2.66 bits per heavy atom. The van der Waals surface area contributed by atoms with E-state index >= 15 is 0 Å². The molecule has 2 aromatic heterocycles. The van der Waals surface area contributed by atoms with E-state index < -0.39 is 0 Å². The first-order valence-corrected chi connectivity index (χ1v) is 11.5. The number of nitrogens with zero attached hydrogens (tertiary/aromatic N) is 2. The first kappa shape index (κ1) is 18.6. The number of imide groups is 1. The summed E-state index contributed by atoms with van der Waals surface area (Å²) in [5.74, 6) is 0.594. The Morgan fingerprint density at radius 1 is 1.21 bits per heavy atom. The third-order valence-electron chi connectivity index (χ3n) is 5.58. The van der Waals surface area contributed by atoms with E-state index in [1.165, 1.54) is 27.1 Å². The number of fused-ring (bicyclic) bond motifs is 4. The molecule has 1 aliphatic heterocycles. The maximum atomic E-state index is 12.7. The van der Waals surface area contributed by atoms with Crippen LogP contribution in [0.1, 0.15) is 44.5 Å². The third-order valence-corrected chi connectivity index (χ3v) is 7.58. The molecule has 3 heterocycles. The van der Waals surface area contributed by atoms with Crippen molar-refractivity contribution in [3.8, 4) is 0 Å². The number of aryl methyl sites for hydroxylation is 1. The van der Waals surface area contributed by atoms with Crippen molar-refractivity contribution >= 4 is 45.1 Å². The molecular formula is C21H19N3O3S2. The van der Waals surface area contributed by atoms with Crippen LogP contribution in [0, 0.1) is 5.92 Å². The minimum absolute atomic E-state index is 0.0923. The average Bonchev–Trinajstić information content (AvgIpc) is 3.18. The van der Waals surface area contributed by atoms with Gasteiger partial charge in [0.25, 0.3) is 17.4 Å². The second-order valence-corrected chi connectivity index (χ2v) is 9.73. The van der Waals surface area contributed by atoms with Gasteiger partial charge in [0.05, 0.1) is 16.5 Å². The second-order valence-electron chi connectivity index (χ2n) is 7.56. The predicted molar refractivity (Wildman–Crippen MR) is 114 cm³/mol. The highest BCUT2D eigenvalue weighted by Crippen LogP contribution is 2.36. The zero-order valence-corrected chi connectivity index (χ0v) is 17.5. The second kappa shape index (κ2) is 7.11. The Kier molecular flexibility index (Phi) is 4.55. The van der Waals surface area contributed by atoms with Crippen LogP contribution >= 0.6 is 23.1 Å². The summed E-state index contributed by atoms with van der Waals surface area (Å²) in [7, 11) is 0. The summed E-state index contributed by atoms with van der Waals surface area (Å²) in [6, 6.07) is 6.87. The van der Waals surface area contributed by atoms with Crippen LogP contribution in [0.3, 0.4) is 0 Å². The van der Waals surface area contributed by atoms with Gasteiger partial charge in [-0.15, -0.1) is 11.3 Å². The molecule has 1 atom stereocenters. The van der Waals surface area contributed by atoms with Crippen LogP contribution in [0.25, 0.3) is 10.2 Å². The van der Waals surface area contributed by atoms with Crippen molar-refractivity contribution in [1.82, 2.24) is 14.9 Å². The molecular weight excluding hydrogens is 406 g/mol. The summed E-state index contributed by atoms with van der Waals surface area (Å²) >= 11 is 2.98. The average molecular weight is 426 g/mol. The molecule has 0 radical (unpaired) electrons. The number of nitrogens with one attached hydrogen (secondary N) is 1. The fourth-order valence-electron chi connectivity index (χ4n) is 4.07. The van der Waals surface area contributed by atoms with E-state index in [0.717, 1.165) is 29.5 Å². The van der Waals surface area contributed by atoms with Crippen molar-refractivity contribution in [2.24, 2.45) is 5.92 Å². The monoisotopic (exact) mass is 425 g/mol. The lowest BCUT2D eigenvalue weighted by molar-refractivity contribution is 0.0664. The van der Waals surface area contributed by atoms with Crippen LogP contribution in [0.15, 0.2) is 34.2 Å². The van der Waals surface area contributed by atoms with Gasteiger partial charge in [-0.05, 0) is 42.9 Å². The number of aromatic amines is 1. The Balaban J connectivity index is 1.33. The van der Waals surface area contributed by atoms with Crippen LogP contribution in [0.2, 0.25) is 0 Å². The molecule has 0 bridgehead atoms. The SMILES string of the molecule is C[C@H]1CCc2c(sc3nc(SCCN4C(=O)c5ccccc5C4=O)[nH]c(=O)c23)C1. The van der Waals surface area contributed by atoms with Gasteiger partial charge in [0, 0.05) is 17.2 Å². The quantitative estimate of drug-likeness (QED) is 0.393. The summed E-state index contributed by atoms with van der Waals surface area (Å²) < 4.78 is 0. The van der Waals surface area contributed by atoms with Gasteiger partial charge in [-0.25, -0.2) is 4.98 Å². The number of carbonyl (C=O) groups is 2. The molecule has 5 rings (SSSR count). The van der Waals surface area contributed by atoms with E-state index in [9.17, 15) is 14.4 Å². The molecule has 8 heteroatoms. The van der Waals surface area contributed by atoms with Crippen LogP contribution in [-0.2, 0) is 12.8 Å². The first-order chi connectivity index (χ1) is 14.0. The zero-order valence-electron chi connectivity index (χ0n) is 15.9. The van der Waals surface area contributed by atoms with Crippen molar-refractivity contribution in [3.63, 3.8) is 0 Å². The van der Waals surface area contributed by atoms with Gasteiger partial charge >= 0.3 is 0 Å². The number of hydrogen-bond acceptors (Lipinski definition) is 6. The summed E-state index contributed by atoms with van der Waals surface area (Å²) in [5, 5.41) is 1.27. The molecule has 6 nitrogen and oxygen atoms in total. The van der Waals surface area contributed by atoms with Crippen LogP contribution in [0.5, 0.6) is 0 Å². The topological polar surface area (TPSA) is 83.1 Å². The van der Waals surface area contributed by atoms with Crippen LogP contribution in [-0.4, -0.2) is 39.0 Å². The number of hydrogen-bond donors (Lipinski definition) is 1. The highest BCUT2D eigenvalue weighted by Gasteiger charge is 2.34. The first-order valence-electron chi connectivity index (χ1n) is 9.65. The maximum Gasteiger partial charge on any atom is 0.261 e. The fraction of sp³-hybridized carbons (Fsp3) is 0.333. The van der Waals surface area contributed by atoms with E-state index in [-0.39, 0.29) is 23.9 Å². The number of rotatable bonds is 4. The number of carbonyl (C=O) groups excluding carboxylic acids is 2. The highest BCUT2D eigenvalue weighted by atomic mass is 32.2. The van der Waals surface area contributed by atoms with Gasteiger partial charge in [-0.3, -0.25) is 19.3 Å². The van der Waals surface area contributed by atoms with Gasteiger partial charge < -0.3 is 4.98 Å². The molecule has 2 aliphatic rings. The van der Waals surface area contributed by atoms with E-state index in [0.29, 0.717) is 28.0 Å². The Bertz CT molecular complexity index is 1180. The molecule has 2 amide bonds. The van der Waals surface area contributed by atoms with Crippen molar-refractivity contribution < 1.29 is 9.59 Å². The predicted octanol–water partition coefficient (Wildman–Crippen LogP) is 3.50. The molecule has 148 valence electrons. The summed E-state index contributed by atoms with van der Waals surface area (Å²) in [5.41, 5.74) is 1.98. The molecule has 3 aromatic rings. The smallest absolute Gasteiger partial charge is 0.261 e. The van der Waals surface area contributed by atoms with Gasteiger partial charge in [-0.2, -0.15) is 0 Å². The van der Waals surface area contributed by atoms with Gasteiger partial charge in [-0.1, -0.05) is 30.8 Å². The fourth-order valence-corrected chi connectivity index (χ4v) is 6.30. The largest absolute Gasteiger partial charge is 0.301 e. The summed E-state index contributed by atoms with van der Waals surface area (Å²) in [6.07, 6.45) is 3.06. The van der Waals surface area contributed by atoms with E-state index in [2.05, 4.69) is 16.9 Å². The Hall–Kier alpha value is -2.45. The Labute approximate surface area is 175 Å². The van der Waals surface area contributed by atoms with Crippen molar-refractivity contribution in [2.75, 3.05) is 12.3 Å². The zero-order chi connectivity index (χ0) is 20.1. The number of benzene rings is 1. The number of H-pyrrole nitrogens is 1. The molecule has 29 heavy (non-hydrogen) atoms. The van der Waals surface area contributed by atoms with Gasteiger partial charge in [0.1, 0.15) is 4.83 Å². The molecule has 0 saturated carbocycles. The number of aromatic nitrogens is 2. The Morgan fingerprint density at radius 2 is 1.93 bits per heavy atom. The van der Waals surface area contributed by atoms with Crippen molar-refractivity contribution in [3.05, 3.63) is 56.2 Å². The van der Waals surface area contributed by atoms with Gasteiger partial charge in [0.15, 0.2) is 5.16 Å². The van der Waals surface area contributed by atoms with E-state index in [1.54, 1.807) is 35.6 Å². The van der Waals surface area contributed by atoms with Crippen LogP contribution in [0.4, 0.5) is 0 Å². The normalized spacial score (nSPS) is 18.4. The van der Waals surface area contributed by atoms with E-state index in [1.807, 2.05) is 0 Å². The summed E-state index contributed by atoms with van der Waals surface area (Å²) in [4.78, 5) is 48.4. The van der Waals surface area contributed by atoms with Crippen LogP contribution < -0.4 is 5.56 Å². The lowest BCUT2D eigenvalue weighted by Gasteiger charge is -2.17. The van der Waals surface area contributed by atoms with Gasteiger partial charge in [0.2, 0.25) is 0 Å². The molecule has 0 fully saturated rings. The minimum atomic E-state index is -0.261. The minimum Gasteiger partial charge on any atom is -0.301 e. The number of amides is 2. The highest BCUT2D eigenvalue weighted by molar-refractivity contribution is 7.99. The molecule has 0 spiro atoms. The van der Waals surface area contributed by atoms with Crippen molar-refractivity contribution in [1.29, 1.82) is 0 Å². The van der Waals surface area contributed by atoms with Crippen molar-refractivity contribution in [2.45, 2.75) is 31.3 Å². The molecule has 1 N–H and O–H groups in total. The van der Waals surface area contributed by atoms with E-state index in [4.69, 9.17) is 0 Å². The molecule has 1 aliphatic carbocycles. The maximum absolute atomic E-state index is 12.7. The lowest BCUT2D eigenvalue weighted by atomic mass is 9.89. The molecule has 0 unspecified atom stereocenters. The standard InChI is InChI=1S/C21H19N3O3S2/c1-11-6-7-14-15(10-11)29-18-16(14)17(25)22-21(23-18)28-9-8-24-19(26)12-4-2-3-5-13(12)20(24)27/h2-5,11H,6-10H2,1H3,(H,22,23,25)/t11-/m0/s1. The third kappa shape index (κ3) is 3.11. The summed E-state index contributed by atoms with van der Waals surface area (Å²) in [6.45, 7) is 2.52. The number of thioether (sulfide) groups is 1. The molecule has 1 aromatic carbocycles. The lowest BCUT2D eigenvalue weighted by Crippen LogP contribution is -2.31. The number of thiophene rings is 1.